The van der Waals surface area contributed by atoms with Crippen molar-refractivity contribution >= 4 is 29.4 Å². The lowest BCUT2D eigenvalue weighted by Crippen LogP contribution is -2.44. The summed E-state index contributed by atoms with van der Waals surface area (Å²) in [6, 6.07) is 10.3. The van der Waals surface area contributed by atoms with Crippen LogP contribution in [0.15, 0.2) is 54.7 Å². The molecule has 5 nitrogen and oxygen atoms in total. The number of carbonyl (C=O) groups excluding carboxylic acids is 3. The molecule has 2 amide bonds. The molecule has 8 heteroatoms. The van der Waals surface area contributed by atoms with Gasteiger partial charge in [-0.1, -0.05) is 36.4 Å². The highest BCUT2D eigenvalue weighted by Crippen LogP contribution is 2.54. The van der Waals surface area contributed by atoms with E-state index < -0.39 is 53.2 Å². The first-order chi connectivity index (χ1) is 14.7. The van der Waals surface area contributed by atoms with E-state index in [0.717, 1.165) is 23.3 Å². The molecule has 0 saturated carbocycles. The van der Waals surface area contributed by atoms with Gasteiger partial charge in [-0.15, -0.1) is 0 Å². The van der Waals surface area contributed by atoms with E-state index in [1.165, 1.54) is 19.1 Å². The minimum Gasteiger partial charge on any atom is -0.359 e. The van der Waals surface area contributed by atoms with Crippen LogP contribution < -0.4 is 4.90 Å². The molecule has 0 N–H and O–H groups in total. The van der Waals surface area contributed by atoms with Gasteiger partial charge in [0.15, 0.2) is 5.78 Å². The maximum Gasteiger partial charge on any atom is 0.418 e. The molecule has 2 fully saturated rings. The van der Waals surface area contributed by atoms with Gasteiger partial charge in [-0.3, -0.25) is 14.4 Å². The minimum absolute atomic E-state index is 0.311. The SMILES string of the molecule is CC(=O)[C@@H]1[C@@H]2C(=O)N(c3ccccc3C(F)(F)F)C(=O)[C@H]2[C@@H]2c3ccccc3C=CN12. The van der Waals surface area contributed by atoms with Gasteiger partial charge in [0.1, 0.15) is 0 Å². The minimum atomic E-state index is -4.74. The molecule has 0 aromatic heterocycles. The third-order valence-corrected chi connectivity index (χ3v) is 6.33. The number of imide groups is 1. The van der Waals surface area contributed by atoms with Crippen LogP contribution in [0.4, 0.5) is 18.9 Å². The Morgan fingerprint density at radius 2 is 1.58 bits per heavy atom. The van der Waals surface area contributed by atoms with E-state index in [9.17, 15) is 27.6 Å². The highest BCUT2D eigenvalue weighted by Gasteiger charge is 2.64. The summed E-state index contributed by atoms with van der Waals surface area (Å²) in [4.78, 5) is 41.7. The number of fused-ring (bicyclic) bond motifs is 5. The average molecular weight is 426 g/mol. The fourth-order valence-corrected chi connectivity index (χ4v) is 5.17. The number of Topliss-reactive ketones (excluding diaryl/α,β-unsaturated/α-hetero) is 1. The first-order valence-corrected chi connectivity index (χ1v) is 9.81. The van der Waals surface area contributed by atoms with Gasteiger partial charge in [0.25, 0.3) is 0 Å². The van der Waals surface area contributed by atoms with Gasteiger partial charge < -0.3 is 4.90 Å². The van der Waals surface area contributed by atoms with Crippen LogP contribution in [0, 0.1) is 11.8 Å². The van der Waals surface area contributed by atoms with Crippen molar-refractivity contribution < 1.29 is 27.6 Å². The van der Waals surface area contributed by atoms with Gasteiger partial charge >= 0.3 is 6.18 Å². The largest absolute Gasteiger partial charge is 0.418 e. The van der Waals surface area contributed by atoms with Crippen molar-refractivity contribution in [3.05, 3.63) is 71.4 Å². The Kier molecular flexibility index (Phi) is 4.12. The van der Waals surface area contributed by atoms with Crippen LogP contribution in [0.1, 0.15) is 29.7 Å². The van der Waals surface area contributed by atoms with Crippen molar-refractivity contribution in [3.8, 4) is 0 Å². The Morgan fingerprint density at radius 1 is 0.935 bits per heavy atom. The molecule has 3 aliphatic rings. The molecule has 0 spiro atoms. The van der Waals surface area contributed by atoms with Gasteiger partial charge in [-0.05, 0) is 36.3 Å². The van der Waals surface area contributed by atoms with Crippen LogP contribution in [0.25, 0.3) is 6.08 Å². The van der Waals surface area contributed by atoms with Crippen LogP contribution in [-0.4, -0.2) is 28.5 Å². The van der Waals surface area contributed by atoms with Crippen molar-refractivity contribution in [1.82, 2.24) is 4.90 Å². The van der Waals surface area contributed by atoms with Crippen molar-refractivity contribution in [3.63, 3.8) is 0 Å². The molecule has 3 aliphatic heterocycles. The molecule has 2 saturated heterocycles. The number of amides is 2. The molecule has 31 heavy (non-hydrogen) atoms. The number of benzene rings is 2. The molecular formula is C23H17F3N2O3. The number of ketones is 1. The fourth-order valence-electron chi connectivity index (χ4n) is 5.17. The third-order valence-electron chi connectivity index (χ3n) is 6.33. The van der Waals surface area contributed by atoms with E-state index in [-0.39, 0.29) is 5.78 Å². The lowest BCUT2D eigenvalue weighted by Gasteiger charge is -2.35. The Hall–Kier alpha value is -3.42. The number of hydrogen-bond donors (Lipinski definition) is 0. The highest BCUT2D eigenvalue weighted by atomic mass is 19.4. The zero-order valence-electron chi connectivity index (χ0n) is 16.3. The molecule has 158 valence electrons. The summed E-state index contributed by atoms with van der Waals surface area (Å²) in [6.45, 7) is 1.34. The Balaban J connectivity index is 1.67. The lowest BCUT2D eigenvalue weighted by atomic mass is 9.84. The second-order valence-electron chi connectivity index (χ2n) is 7.97. The lowest BCUT2D eigenvalue weighted by molar-refractivity contribution is -0.137. The fraction of sp³-hybridized carbons (Fsp3) is 0.261. The van der Waals surface area contributed by atoms with Gasteiger partial charge in [-0.2, -0.15) is 13.2 Å². The Morgan fingerprint density at radius 3 is 2.29 bits per heavy atom. The van der Waals surface area contributed by atoms with E-state index in [1.54, 1.807) is 17.2 Å². The van der Waals surface area contributed by atoms with Crippen LogP contribution in [0.5, 0.6) is 0 Å². The third kappa shape index (κ3) is 2.67. The van der Waals surface area contributed by atoms with E-state index >= 15 is 0 Å². The molecule has 5 rings (SSSR count). The number of halogens is 3. The predicted octanol–water partition coefficient (Wildman–Crippen LogP) is 3.81. The Labute approximate surface area is 175 Å². The molecule has 0 bridgehead atoms. The normalized spacial score (nSPS) is 26.7. The molecule has 4 atom stereocenters. The van der Waals surface area contributed by atoms with Crippen LogP contribution in [0.3, 0.4) is 0 Å². The number of hydrogen-bond acceptors (Lipinski definition) is 4. The molecule has 3 heterocycles. The number of anilines is 1. The number of para-hydroxylation sites is 1. The second-order valence-corrected chi connectivity index (χ2v) is 7.97. The first kappa shape index (κ1) is 19.5. The topological polar surface area (TPSA) is 57.7 Å². The van der Waals surface area contributed by atoms with Gasteiger partial charge in [-0.25, -0.2) is 4.90 Å². The van der Waals surface area contributed by atoms with E-state index in [2.05, 4.69) is 0 Å². The van der Waals surface area contributed by atoms with Gasteiger partial charge in [0.2, 0.25) is 11.8 Å². The number of alkyl halides is 3. The quantitative estimate of drug-likeness (QED) is 0.686. The number of rotatable bonds is 2. The van der Waals surface area contributed by atoms with Gasteiger partial charge in [0.05, 0.1) is 35.2 Å². The number of carbonyl (C=O) groups is 3. The van der Waals surface area contributed by atoms with Crippen LogP contribution in [-0.2, 0) is 20.6 Å². The summed E-state index contributed by atoms with van der Waals surface area (Å²) in [5.41, 5.74) is 0.0710. The summed E-state index contributed by atoms with van der Waals surface area (Å²) in [5, 5.41) is 0. The molecule has 2 aromatic rings. The Bertz CT molecular complexity index is 1160. The summed E-state index contributed by atoms with van der Waals surface area (Å²) in [7, 11) is 0. The standard InChI is InChI=1S/C23H17F3N2O3/c1-12(29)19-17-18(20-14-7-3-2-6-13(14)10-11-27(19)20)22(31)28(21(17)30)16-9-5-4-8-15(16)23(24,25)26/h2-11,17-20H,1H3/t17-,18-,19-,20+/m1/s1. The molecule has 0 radical (unpaired) electrons. The smallest absolute Gasteiger partial charge is 0.359 e. The summed E-state index contributed by atoms with van der Waals surface area (Å²) in [5.74, 6) is -3.79. The zero-order valence-corrected chi connectivity index (χ0v) is 16.3. The highest BCUT2D eigenvalue weighted by molar-refractivity contribution is 6.24. The van der Waals surface area contributed by atoms with Crippen molar-refractivity contribution in [2.75, 3.05) is 4.90 Å². The van der Waals surface area contributed by atoms with E-state index in [4.69, 9.17) is 0 Å². The average Bonchev–Trinajstić information content (AvgIpc) is 3.20. The predicted molar refractivity (Wildman–Crippen MR) is 105 cm³/mol. The van der Waals surface area contributed by atoms with E-state index in [0.29, 0.717) is 4.90 Å². The summed E-state index contributed by atoms with van der Waals surface area (Å²) < 4.78 is 40.8. The van der Waals surface area contributed by atoms with Crippen molar-refractivity contribution in [2.24, 2.45) is 11.8 Å². The maximum atomic E-state index is 13.6. The molecule has 0 unspecified atom stereocenters. The zero-order chi connectivity index (χ0) is 22.1. The molecular weight excluding hydrogens is 409 g/mol. The molecule has 2 aromatic carbocycles. The maximum absolute atomic E-state index is 13.6. The van der Waals surface area contributed by atoms with E-state index in [1.807, 2.05) is 24.3 Å². The van der Waals surface area contributed by atoms with Crippen molar-refractivity contribution in [1.29, 1.82) is 0 Å². The second kappa shape index (κ2) is 6.54. The number of nitrogens with zero attached hydrogens (tertiary/aromatic N) is 2. The summed E-state index contributed by atoms with van der Waals surface area (Å²) in [6.07, 6.45) is -1.22. The monoisotopic (exact) mass is 426 g/mol. The molecule has 0 aliphatic carbocycles. The van der Waals surface area contributed by atoms with Gasteiger partial charge in [0, 0.05) is 6.20 Å². The van der Waals surface area contributed by atoms with Crippen LogP contribution >= 0.6 is 0 Å². The summed E-state index contributed by atoms with van der Waals surface area (Å²) >= 11 is 0. The first-order valence-electron chi connectivity index (χ1n) is 9.81. The van der Waals surface area contributed by atoms with Crippen molar-refractivity contribution in [2.45, 2.75) is 25.2 Å². The van der Waals surface area contributed by atoms with Crippen LogP contribution in [0.2, 0.25) is 0 Å².